The van der Waals surface area contributed by atoms with Crippen LogP contribution >= 0.6 is 0 Å². The zero-order valence-corrected chi connectivity index (χ0v) is 15.5. The minimum absolute atomic E-state index is 0.0110. The molecule has 0 radical (unpaired) electrons. The van der Waals surface area contributed by atoms with Crippen LogP contribution < -0.4 is 0 Å². The average Bonchev–Trinajstić information content (AvgIpc) is 2.66. The number of nitrogens with zero attached hydrogens (tertiary/aromatic N) is 4. The van der Waals surface area contributed by atoms with E-state index in [1.807, 2.05) is 0 Å². The highest BCUT2D eigenvalue weighted by Gasteiger charge is 2.67. The second-order valence-electron chi connectivity index (χ2n) is 7.98. The summed E-state index contributed by atoms with van der Waals surface area (Å²) in [5.41, 5.74) is -3.47. The highest BCUT2D eigenvalue weighted by atomic mass is 16.6. The van der Waals surface area contributed by atoms with E-state index in [2.05, 4.69) is 0 Å². The van der Waals surface area contributed by atoms with Gasteiger partial charge in [0.25, 0.3) is 11.4 Å². The maximum Gasteiger partial charge on any atom is 0.304 e. The van der Waals surface area contributed by atoms with Gasteiger partial charge in [-0.3, -0.25) is 34.7 Å². The molecule has 0 aromatic carbocycles. The summed E-state index contributed by atoms with van der Waals surface area (Å²) in [7, 11) is 0. The van der Waals surface area contributed by atoms with Crippen molar-refractivity contribution in [2.45, 2.75) is 49.6 Å². The molecule has 3 rings (SSSR count). The number of carboxylic acids is 1. The molecular formula is C17H24N4O7. The minimum Gasteiger partial charge on any atom is -0.481 e. The molecule has 0 spiro atoms. The number of carboxylic acid groups (broad SMARTS) is 1. The predicted octanol–water partition coefficient (Wildman–Crippen LogP) is 0.540. The molecule has 154 valence electrons. The predicted molar refractivity (Wildman–Crippen MR) is 95.9 cm³/mol. The molecule has 3 aliphatic rings. The number of rotatable bonds is 6. The second kappa shape index (κ2) is 7.46. The summed E-state index contributed by atoms with van der Waals surface area (Å²) in [6.45, 7) is 0.741. The molecule has 2 saturated heterocycles. The number of fused-ring (bicyclic) bond motifs is 2. The largest absolute Gasteiger partial charge is 0.481 e. The van der Waals surface area contributed by atoms with Crippen LogP contribution in [0.4, 0.5) is 0 Å². The Bertz CT molecular complexity index is 733. The summed E-state index contributed by atoms with van der Waals surface area (Å²) in [5, 5.41) is 32.9. The van der Waals surface area contributed by atoms with E-state index in [-0.39, 0.29) is 44.5 Å². The molecule has 2 bridgehead atoms. The topological polar surface area (TPSA) is 147 Å². The lowest BCUT2D eigenvalue weighted by Crippen LogP contribution is -2.68. The van der Waals surface area contributed by atoms with Crippen molar-refractivity contribution in [1.82, 2.24) is 9.80 Å². The van der Waals surface area contributed by atoms with E-state index < -0.39 is 32.8 Å². The lowest BCUT2D eigenvalue weighted by Gasteiger charge is -2.46. The van der Waals surface area contributed by atoms with Gasteiger partial charge in [0.1, 0.15) is 0 Å². The van der Waals surface area contributed by atoms with Gasteiger partial charge in [0.05, 0.1) is 31.5 Å². The fourth-order valence-corrected chi connectivity index (χ4v) is 4.68. The first-order valence-corrected chi connectivity index (χ1v) is 9.43. The quantitative estimate of drug-likeness (QED) is 0.505. The molecular weight excluding hydrogens is 372 g/mol. The van der Waals surface area contributed by atoms with E-state index >= 15 is 0 Å². The monoisotopic (exact) mass is 396 g/mol. The third-order valence-electron chi connectivity index (χ3n) is 6.06. The van der Waals surface area contributed by atoms with Crippen LogP contribution in [0.2, 0.25) is 0 Å². The summed E-state index contributed by atoms with van der Waals surface area (Å²) in [4.78, 5) is 50.0. The van der Waals surface area contributed by atoms with Crippen LogP contribution in [-0.4, -0.2) is 80.4 Å². The molecule has 11 nitrogen and oxygen atoms in total. The maximum absolute atomic E-state index is 13.1. The number of hydrogen-bond donors (Lipinski definition) is 1. The fraction of sp³-hybridized carbons (Fsp3) is 0.765. The van der Waals surface area contributed by atoms with Crippen LogP contribution in [0, 0.1) is 20.2 Å². The fourth-order valence-electron chi connectivity index (χ4n) is 4.68. The number of likely N-dealkylation sites (tertiary alicyclic amines) is 2. The summed E-state index contributed by atoms with van der Waals surface area (Å²) in [6, 6.07) is 0. The minimum atomic E-state index is -1.89. The molecule has 0 unspecified atom stereocenters. The zero-order valence-electron chi connectivity index (χ0n) is 15.5. The molecule has 28 heavy (non-hydrogen) atoms. The van der Waals surface area contributed by atoms with Crippen molar-refractivity contribution in [3.05, 3.63) is 31.9 Å². The van der Waals surface area contributed by atoms with Gasteiger partial charge in [0.15, 0.2) is 0 Å². The highest BCUT2D eigenvalue weighted by molar-refractivity contribution is 5.96. The first kappa shape index (κ1) is 20.2. The molecule has 11 heteroatoms. The Morgan fingerprint density at radius 2 is 1.79 bits per heavy atom. The lowest BCUT2D eigenvalue weighted by atomic mass is 9.67. The van der Waals surface area contributed by atoms with Gasteiger partial charge in [-0.1, -0.05) is 6.08 Å². The molecule has 2 aliphatic heterocycles. The smallest absolute Gasteiger partial charge is 0.304 e. The number of nitro groups is 2. The molecule has 1 amide bonds. The Morgan fingerprint density at radius 1 is 1.11 bits per heavy atom. The second-order valence-corrected chi connectivity index (χ2v) is 7.98. The van der Waals surface area contributed by atoms with Crippen molar-refractivity contribution in [2.24, 2.45) is 0 Å². The highest BCUT2D eigenvalue weighted by Crippen LogP contribution is 2.45. The van der Waals surface area contributed by atoms with Crippen molar-refractivity contribution in [1.29, 1.82) is 0 Å². The first-order chi connectivity index (χ1) is 13.2. The zero-order chi connectivity index (χ0) is 20.5. The number of carbonyl (C=O) groups is 2. The maximum atomic E-state index is 13.1. The Balaban J connectivity index is 1.98. The molecule has 2 fully saturated rings. The van der Waals surface area contributed by atoms with Crippen LogP contribution in [0.25, 0.3) is 0 Å². The molecule has 1 aliphatic carbocycles. The molecule has 1 N–H and O–H groups in total. The lowest BCUT2D eigenvalue weighted by molar-refractivity contribution is -0.620. The van der Waals surface area contributed by atoms with Crippen molar-refractivity contribution in [3.63, 3.8) is 0 Å². The van der Waals surface area contributed by atoms with Crippen LogP contribution in [0.3, 0.4) is 0 Å². The van der Waals surface area contributed by atoms with E-state index in [1.165, 1.54) is 11.0 Å². The van der Waals surface area contributed by atoms with Gasteiger partial charge in [0.2, 0.25) is 5.54 Å². The van der Waals surface area contributed by atoms with Gasteiger partial charge in [-0.05, 0) is 19.3 Å². The Kier molecular flexibility index (Phi) is 5.37. The molecule has 0 saturated carbocycles. The van der Waals surface area contributed by atoms with Gasteiger partial charge < -0.3 is 10.0 Å². The van der Waals surface area contributed by atoms with Crippen LogP contribution in [0.1, 0.15) is 38.5 Å². The van der Waals surface area contributed by atoms with Crippen molar-refractivity contribution in [2.75, 3.05) is 32.7 Å². The van der Waals surface area contributed by atoms with E-state index in [0.29, 0.717) is 13.1 Å². The molecule has 2 atom stereocenters. The number of hydrogen-bond acceptors (Lipinski definition) is 7. The Hall–Kier alpha value is -2.56. The van der Waals surface area contributed by atoms with Crippen LogP contribution in [0.15, 0.2) is 11.6 Å². The normalized spacial score (nSPS) is 30.4. The Labute approximate surface area is 161 Å². The van der Waals surface area contributed by atoms with E-state index in [4.69, 9.17) is 5.11 Å². The molecule has 0 aromatic rings. The summed E-state index contributed by atoms with van der Waals surface area (Å²) >= 11 is 0. The average molecular weight is 396 g/mol. The number of aliphatic carboxylic acids is 1. The number of piperidine rings is 2. The van der Waals surface area contributed by atoms with Gasteiger partial charge in [-0.25, -0.2) is 0 Å². The summed E-state index contributed by atoms with van der Waals surface area (Å²) in [5.74, 6) is -1.50. The van der Waals surface area contributed by atoms with Crippen molar-refractivity contribution < 1.29 is 24.5 Å². The van der Waals surface area contributed by atoms with Crippen LogP contribution in [-0.2, 0) is 9.59 Å². The van der Waals surface area contributed by atoms with Crippen LogP contribution in [0.5, 0.6) is 0 Å². The van der Waals surface area contributed by atoms with E-state index in [1.54, 1.807) is 4.90 Å². The molecule has 2 heterocycles. The molecule has 0 aromatic heterocycles. The standard InChI is InChI=1S/C17H24N4O7/c22-14(23)5-9-18-11-16(20(25)26)6-4-13(17(10-16,12-18)21(27)28)15(24)19-7-2-1-3-8-19/h4H,1-3,5-12H2,(H,22,23)/t16-,17+/m1/s1. The van der Waals surface area contributed by atoms with Gasteiger partial charge >= 0.3 is 5.97 Å². The van der Waals surface area contributed by atoms with Gasteiger partial charge in [-0.2, -0.15) is 0 Å². The van der Waals surface area contributed by atoms with Gasteiger partial charge in [0, 0.05) is 35.9 Å². The summed E-state index contributed by atoms with van der Waals surface area (Å²) < 4.78 is 0. The first-order valence-electron chi connectivity index (χ1n) is 9.43. The summed E-state index contributed by atoms with van der Waals surface area (Å²) in [6.07, 6.45) is 3.34. The Morgan fingerprint density at radius 3 is 2.36 bits per heavy atom. The third kappa shape index (κ3) is 3.46. The number of amides is 1. The third-order valence-corrected chi connectivity index (χ3v) is 6.06. The number of carbonyl (C=O) groups excluding carboxylic acids is 1. The van der Waals surface area contributed by atoms with Crippen molar-refractivity contribution >= 4 is 11.9 Å². The van der Waals surface area contributed by atoms with E-state index in [9.17, 15) is 29.8 Å². The SMILES string of the molecule is O=C(O)CCN1C[C@@]2([N+](=O)[O-])CC=C(C(=O)N3CCCCC3)[C@@]([N+](=O)[O-])(C1)C2. The van der Waals surface area contributed by atoms with Crippen molar-refractivity contribution in [3.8, 4) is 0 Å². The van der Waals surface area contributed by atoms with Gasteiger partial charge in [-0.15, -0.1) is 0 Å². The van der Waals surface area contributed by atoms with E-state index in [0.717, 1.165) is 19.3 Å².